The quantitative estimate of drug-likeness (QED) is 0.429. The van der Waals surface area contributed by atoms with E-state index < -0.39 is 27.3 Å². The molecular formula is C14H10ClNO6S. The molecule has 1 heterocycles. The van der Waals surface area contributed by atoms with Crippen molar-refractivity contribution in [2.75, 3.05) is 0 Å². The Morgan fingerprint density at radius 2 is 1.70 bits per heavy atom. The summed E-state index contributed by atoms with van der Waals surface area (Å²) in [6.07, 6.45) is 1.65. The molecule has 9 heteroatoms. The lowest BCUT2D eigenvalue weighted by molar-refractivity contribution is -0.135. The Kier molecular flexibility index (Phi) is 4.57. The first kappa shape index (κ1) is 16.8. The molecule has 23 heavy (non-hydrogen) atoms. The van der Waals surface area contributed by atoms with Crippen LogP contribution in [0.5, 0.6) is 0 Å². The molecule has 1 aromatic carbocycles. The Morgan fingerprint density at radius 3 is 2.26 bits per heavy atom. The van der Waals surface area contributed by atoms with E-state index >= 15 is 0 Å². The summed E-state index contributed by atoms with van der Waals surface area (Å²) in [4.78, 5) is 24.5. The molecule has 1 aromatic heterocycles. The predicted octanol–water partition coefficient (Wildman–Crippen LogP) is 2.21. The van der Waals surface area contributed by atoms with E-state index in [1.165, 1.54) is 36.5 Å². The molecule has 7 nitrogen and oxygen atoms in total. The fraction of sp³-hybridized carbons (Fsp3) is 0. The molecule has 0 aliphatic heterocycles. The van der Waals surface area contributed by atoms with E-state index in [0.29, 0.717) is 11.1 Å². The number of carbonyl (C=O) groups excluding carboxylic acids is 1. The summed E-state index contributed by atoms with van der Waals surface area (Å²) < 4.78 is 25.1. The second-order valence-corrected chi connectivity index (χ2v) is 6.73. The summed E-state index contributed by atoms with van der Waals surface area (Å²) in [6, 6.07) is 6.51. The predicted molar refractivity (Wildman–Crippen MR) is 80.4 cm³/mol. The molecular weight excluding hydrogens is 346 g/mol. The van der Waals surface area contributed by atoms with Crippen LogP contribution in [0.2, 0.25) is 5.02 Å². The number of aliphatic hydroxyl groups excluding tert-OH is 1. The van der Waals surface area contributed by atoms with Crippen molar-refractivity contribution in [1.29, 1.82) is 0 Å². The van der Waals surface area contributed by atoms with Crippen molar-refractivity contribution in [1.82, 2.24) is 4.98 Å². The molecule has 0 amide bonds. The number of benzene rings is 1. The molecule has 0 saturated heterocycles. The Bertz CT molecular complexity index is 896. The van der Waals surface area contributed by atoms with Crippen molar-refractivity contribution in [3.05, 3.63) is 59.1 Å². The topological polar surface area (TPSA) is 125 Å². The summed E-state index contributed by atoms with van der Waals surface area (Å²) in [5.74, 6) is -3.88. The lowest BCUT2D eigenvalue weighted by Gasteiger charge is -2.05. The number of carbonyl (C=O) groups is 2. The van der Waals surface area contributed by atoms with Crippen LogP contribution in [0.15, 0.2) is 58.2 Å². The van der Waals surface area contributed by atoms with Gasteiger partial charge in [0, 0.05) is 17.3 Å². The van der Waals surface area contributed by atoms with Crippen LogP contribution in [-0.2, 0) is 14.6 Å². The zero-order chi connectivity index (χ0) is 17.2. The Labute approximate surface area is 135 Å². The van der Waals surface area contributed by atoms with E-state index in [1.54, 1.807) is 0 Å². The van der Waals surface area contributed by atoms with Crippen molar-refractivity contribution < 1.29 is 28.2 Å². The molecule has 0 fully saturated rings. The van der Waals surface area contributed by atoms with Gasteiger partial charge in [0.05, 0.1) is 4.90 Å². The molecule has 0 bridgehead atoms. The molecule has 2 rings (SSSR count). The number of aliphatic carboxylic acids is 1. The largest absolute Gasteiger partial charge is 0.502 e. The van der Waals surface area contributed by atoms with Gasteiger partial charge < -0.3 is 15.2 Å². The lowest BCUT2D eigenvalue weighted by Crippen LogP contribution is -2.09. The number of aromatic nitrogens is 1. The number of nitrogens with one attached hydrogen (secondary N) is 1. The normalized spacial score (nSPS) is 12.1. The fourth-order valence-electron chi connectivity index (χ4n) is 1.77. The molecule has 120 valence electrons. The monoisotopic (exact) mass is 355 g/mol. The average molecular weight is 356 g/mol. The number of hydrogen-bond donors (Lipinski definition) is 3. The SMILES string of the molecule is O=C(O)C(O)=CC(=O)c1[nH]ccc1S(=O)(=O)c1ccc(Cl)cc1. The number of hydrogen-bond acceptors (Lipinski definition) is 5. The number of aliphatic hydroxyl groups is 1. The van der Waals surface area contributed by atoms with Gasteiger partial charge in [-0.15, -0.1) is 0 Å². The first-order valence-electron chi connectivity index (χ1n) is 6.10. The molecule has 0 atom stereocenters. The van der Waals surface area contributed by atoms with Crippen molar-refractivity contribution in [3.63, 3.8) is 0 Å². The van der Waals surface area contributed by atoms with Gasteiger partial charge in [-0.3, -0.25) is 4.79 Å². The number of rotatable bonds is 5. The van der Waals surface area contributed by atoms with Crippen molar-refractivity contribution in [2.45, 2.75) is 9.79 Å². The maximum absolute atomic E-state index is 12.5. The first-order chi connectivity index (χ1) is 10.7. The van der Waals surface area contributed by atoms with Crippen LogP contribution in [0.4, 0.5) is 0 Å². The first-order valence-corrected chi connectivity index (χ1v) is 7.96. The Morgan fingerprint density at radius 1 is 1.09 bits per heavy atom. The molecule has 0 aliphatic rings. The molecule has 0 spiro atoms. The molecule has 0 unspecified atom stereocenters. The smallest absolute Gasteiger partial charge is 0.371 e. The van der Waals surface area contributed by atoms with Crippen molar-refractivity contribution in [3.8, 4) is 0 Å². The van der Waals surface area contributed by atoms with E-state index in [4.69, 9.17) is 21.8 Å². The maximum atomic E-state index is 12.5. The highest BCUT2D eigenvalue weighted by Gasteiger charge is 2.25. The van der Waals surface area contributed by atoms with Crippen LogP contribution in [0, 0.1) is 0 Å². The Hall–Kier alpha value is -2.58. The lowest BCUT2D eigenvalue weighted by atomic mass is 10.2. The maximum Gasteiger partial charge on any atom is 0.371 e. The molecule has 3 N–H and O–H groups in total. The van der Waals surface area contributed by atoms with Gasteiger partial charge >= 0.3 is 5.97 Å². The van der Waals surface area contributed by atoms with E-state index in [0.717, 1.165) is 0 Å². The van der Waals surface area contributed by atoms with E-state index in [1.807, 2.05) is 0 Å². The highest BCUT2D eigenvalue weighted by atomic mass is 35.5. The number of carboxylic acids is 1. The molecule has 2 aromatic rings. The average Bonchev–Trinajstić information content (AvgIpc) is 2.97. The Balaban J connectivity index is 2.49. The summed E-state index contributed by atoms with van der Waals surface area (Å²) in [6.45, 7) is 0. The number of aromatic amines is 1. The summed E-state index contributed by atoms with van der Waals surface area (Å²) in [7, 11) is -4.01. The van der Waals surface area contributed by atoms with E-state index in [9.17, 15) is 18.0 Å². The van der Waals surface area contributed by atoms with Crippen LogP contribution < -0.4 is 0 Å². The second kappa shape index (κ2) is 6.27. The van der Waals surface area contributed by atoms with Crippen molar-refractivity contribution >= 4 is 33.2 Å². The van der Waals surface area contributed by atoms with E-state index in [2.05, 4.69) is 4.98 Å². The van der Waals surface area contributed by atoms with Crippen LogP contribution >= 0.6 is 11.6 Å². The van der Waals surface area contributed by atoms with Crippen LogP contribution in [0.3, 0.4) is 0 Å². The third-order valence-corrected chi connectivity index (χ3v) is 4.92. The summed E-state index contributed by atoms with van der Waals surface area (Å²) in [5, 5.41) is 18.0. The number of allylic oxidation sites excluding steroid dienone is 1. The number of ketones is 1. The van der Waals surface area contributed by atoms with Gasteiger partial charge in [-0.05, 0) is 30.3 Å². The van der Waals surface area contributed by atoms with Crippen LogP contribution in [0.1, 0.15) is 10.5 Å². The van der Waals surface area contributed by atoms with E-state index in [-0.39, 0.29) is 15.5 Å². The van der Waals surface area contributed by atoms with Gasteiger partial charge in [-0.1, -0.05) is 11.6 Å². The van der Waals surface area contributed by atoms with Gasteiger partial charge in [-0.25, -0.2) is 13.2 Å². The van der Waals surface area contributed by atoms with Gasteiger partial charge in [0.1, 0.15) is 10.6 Å². The zero-order valence-electron chi connectivity index (χ0n) is 11.4. The summed E-state index contributed by atoms with van der Waals surface area (Å²) >= 11 is 5.71. The van der Waals surface area contributed by atoms with Gasteiger partial charge in [-0.2, -0.15) is 0 Å². The number of sulfone groups is 1. The van der Waals surface area contributed by atoms with Gasteiger partial charge in [0.2, 0.25) is 21.4 Å². The standard InChI is InChI=1S/C14H10ClNO6S/c15-8-1-3-9(4-2-8)23(21,22)12-5-6-16-13(12)10(17)7-11(18)14(19)20/h1-7,16,18H,(H,19,20). The third kappa shape index (κ3) is 3.43. The minimum Gasteiger partial charge on any atom is -0.502 e. The molecule has 0 radical (unpaired) electrons. The highest BCUT2D eigenvalue weighted by molar-refractivity contribution is 7.91. The molecule has 0 aliphatic carbocycles. The molecule has 0 saturated carbocycles. The minimum absolute atomic E-state index is 0.0815. The fourth-order valence-corrected chi connectivity index (χ4v) is 3.32. The van der Waals surface area contributed by atoms with Crippen molar-refractivity contribution in [2.24, 2.45) is 0 Å². The summed E-state index contributed by atoms with van der Waals surface area (Å²) in [5.41, 5.74) is -0.354. The number of halogens is 1. The number of H-pyrrole nitrogens is 1. The third-order valence-electron chi connectivity index (χ3n) is 2.86. The zero-order valence-corrected chi connectivity index (χ0v) is 12.9. The van der Waals surface area contributed by atoms with Crippen LogP contribution in [0.25, 0.3) is 0 Å². The second-order valence-electron chi connectivity index (χ2n) is 4.37. The number of carboxylic acid groups (broad SMARTS) is 1. The minimum atomic E-state index is -4.01. The van der Waals surface area contributed by atoms with Gasteiger partial charge in [0.15, 0.2) is 0 Å². The highest BCUT2D eigenvalue weighted by Crippen LogP contribution is 2.25. The van der Waals surface area contributed by atoms with Gasteiger partial charge in [0.25, 0.3) is 0 Å². The van der Waals surface area contributed by atoms with Crippen LogP contribution in [-0.4, -0.2) is 35.4 Å².